The SMILES string of the molecule is CCOC(=O)CCc1ccc(Oc2cccc([N+](=O)[O-])c2)cc1. The van der Waals surface area contributed by atoms with Gasteiger partial charge in [0.2, 0.25) is 0 Å². The van der Waals surface area contributed by atoms with Crippen molar-refractivity contribution in [1.82, 2.24) is 0 Å². The van der Waals surface area contributed by atoms with E-state index in [1.165, 1.54) is 12.1 Å². The van der Waals surface area contributed by atoms with Crippen LogP contribution in [0.25, 0.3) is 0 Å². The van der Waals surface area contributed by atoms with Crippen molar-refractivity contribution in [3.63, 3.8) is 0 Å². The van der Waals surface area contributed by atoms with Gasteiger partial charge in [-0.15, -0.1) is 0 Å². The Balaban J connectivity index is 1.96. The van der Waals surface area contributed by atoms with Gasteiger partial charge in [0.25, 0.3) is 5.69 Å². The highest BCUT2D eigenvalue weighted by Crippen LogP contribution is 2.25. The number of carbonyl (C=O) groups excluding carboxylic acids is 1. The summed E-state index contributed by atoms with van der Waals surface area (Å²) in [4.78, 5) is 21.6. The third-order valence-corrected chi connectivity index (χ3v) is 3.11. The molecule has 0 aliphatic rings. The first-order valence-corrected chi connectivity index (χ1v) is 7.25. The molecule has 0 saturated carbocycles. The number of carbonyl (C=O) groups is 1. The van der Waals surface area contributed by atoms with Crippen molar-refractivity contribution < 1.29 is 19.2 Å². The Morgan fingerprint density at radius 3 is 2.52 bits per heavy atom. The Kier molecular flexibility index (Phi) is 5.68. The predicted octanol–water partition coefficient (Wildman–Crippen LogP) is 3.88. The van der Waals surface area contributed by atoms with Crippen molar-refractivity contribution in [2.24, 2.45) is 0 Å². The molecule has 0 aliphatic heterocycles. The molecule has 0 amide bonds. The van der Waals surface area contributed by atoms with Crippen molar-refractivity contribution in [2.75, 3.05) is 6.61 Å². The number of nitrogens with zero attached hydrogens (tertiary/aromatic N) is 1. The summed E-state index contributed by atoms with van der Waals surface area (Å²) in [7, 11) is 0. The average Bonchev–Trinajstić information content (AvgIpc) is 2.55. The van der Waals surface area contributed by atoms with Crippen molar-refractivity contribution in [3.8, 4) is 11.5 Å². The molecule has 2 aromatic carbocycles. The number of aryl methyl sites for hydroxylation is 1. The largest absolute Gasteiger partial charge is 0.466 e. The monoisotopic (exact) mass is 315 g/mol. The Morgan fingerprint density at radius 2 is 1.87 bits per heavy atom. The lowest BCUT2D eigenvalue weighted by Crippen LogP contribution is -2.05. The van der Waals surface area contributed by atoms with Crippen molar-refractivity contribution in [1.29, 1.82) is 0 Å². The number of hydrogen-bond donors (Lipinski definition) is 0. The topological polar surface area (TPSA) is 78.7 Å². The van der Waals surface area contributed by atoms with Crippen LogP contribution < -0.4 is 4.74 Å². The molecule has 6 heteroatoms. The highest BCUT2D eigenvalue weighted by Gasteiger charge is 2.07. The van der Waals surface area contributed by atoms with Gasteiger partial charge in [0.05, 0.1) is 17.6 Å². The van der Waals surface area contributed by atoms with Crippen molar-refractivity contribution in [3.05, 3.63) is 64.2 Å². The summed E-state index contributed by atoms with van der Waals surface area (Å²) in [5.74, 6) is 0.758. The van der Waals surface area contributed by atoms with E-state index in [1.54, 1.807) is 31.2 Å². The van der Waals surface area contributed by atoms with E-state index in [9.17, 15) is 14.9 Å². The highest BCUT2D eigenvalue weighted by molar-refractivity contribution is 5.69. The van der Waals surface area contributed by atoms with Gasteiger partial charge in [-0.1, -0.05) is 18.2 Å². The molecule has 23 heavy (non-hydrogen) atoms. The summed E-state index contributed by atoms with van der Waals surface area (Å²) >= 11 is 0. The molecule has 0 aliphatic carbocycles. The number of non-ortho nitro benzene ring substituents is 1. The lowest BCUT2D eigenvalue weighted by molar-refractivity contribution is -0.384. The Morgan fingerprint density at radius 1 is 1.13 bits per heavy atom. The van der Waals surface area contributed by atoms with E-state index in [0.29, 0.717) is 30.9 Å². The number of hydrogen-bond acceptors (Lipinski definition) is 5. The zero-order valence-electron chi connectivity index (χ0n) is 12.7. The predicted molar refractivity (Wildman–Crippen MR) is 84.6 cm³/mol. The molecule has 6 nitrogen and oxygen atoms in total. The van der Waals surface area contributed by atoms with Gasteiger partial charge in [-0.05, 0) is 37.1 Å². The van der Waals surface area contributed by atoms with E-state index in [0.717, 1.165) is 5.56 Å². The van der Waals surface area contributed by atoms with E-state index < -0.39 is 4.92 Å². The second-order valence-corrected chi connectivity index (χ2v) is 4.81. The maximum Gasteiger partial charge on any atom is 0.306 e. The Hall–Kier alpha value is -2.89. The van der Waals surface area contributed by atoms with Crippen LogP contribution in [0.3, 0.4) is 0 Å². The first kappa shape index (κ1) is 16.5. The van der Waals surface area contributed by atoms with Crippen LogP contribution in [0.4, 0.5) is 5.69 Å². The van der Waals surface area contributed by atoms with Crippen LogP contribution in [0.15, 0.2) is 48.5 Å². The molecule has 0 bridgehead atoms. The fourth-order valence-electron chi connectivity index (χ4n) is 2.00. The molecular weight excluding hydrogens is 298 g/mol. The molecule has 120 valence electrons. The number of rotatable bonds is 7. The molecule has 0 spiro atoms. The van der Waals surface area contributed by atoms with Crippen LogP contribution in [-0.4, -0.2) is 17.5 Å². The maximum atomic E-state index is 11.3. The van der Waals surface area contributed by atoms with Gasteiger partial charge >= 0.3 is 5.97 Å². The van der Waals surface area contributed by atoms with E-state index in [-0.39, 0.29) is 11.7 Å². The third kappa shape index (κ3) is 5.10. The van der Waals surface area contributed by atoms with Gasteiger partial charge in [0.1, 0.15) is 11.5 Å². The second kappa shape index (κ2) is 7.93. The van der Waals surface area contributed by atoms with E-state index in [1.807, 2.05) is 12.1 Å². The van der Waals surface area contributed by atoms with Gasteiger partial charge < -0.3 is 9.47 Å². The van der Waals surface area contributed by atoms with Crippen LogP contribution in [-0.2, 0) is 16.0 Å². The molecule has 0 radical (unpaired) electrons. The van der Waals surface area contributed by atoms with Crippen molar-refractivity contribution in [2.45, 2.75) is 19.8 Å². The number of ether oxygens (including phenoxy) is 2. The van der Waals surface area contributed by atoms with Gasteiger partial charge in [-0.25, -0.2) is 0 Å². The number of nitro groups is 1. The van der Waals surface area contributed by atoms with E-state index in [4.69, 9.17) is 9.47 Å². The molecule has 2 rings (SSSR count). The number of esters is 1. The quantitative estimate of drug-likeness (QED) is 0.440. The molecule has 0 atom stereocenters. The van der Waals surface area contributed by atoms with Gasteiger partial charge in [-0.3, -0.25) is 14.9 Å². The van der Waals surface area contributed by atoms with Crippen LogP contribution in [0, 0.1) is 10.1 Å². The zero-order valence-corrected chi connectivity index (χ0v) is 12.7. The van der Waals surface area contributed by atoms with Crippen LogP contribution in [0.5, 0.6) is 11.5 Å². The van der Waals surface area contributed by atoms with Gasteiger partial charge in [-0.2, -0.15) is 0 Å². The van der Waals surface area contributed by atoms with Gasteiger partial charge in [0, 0.05) is 12.5 Å². The minimum absolute atomic E-state index is 0.0199. The van der Waals surface area contributed by atoms with Crippen LogP contribution >= 0.6 is 0 Å². The zero-order chi connectivity index (χ0) is 16.7. The third-order valence-electron chi connectivity index (χ3n) is 3.11. The maximum absolute atomic E-state index is 11.3. The molecule has 2 aromatic rings. The fourth-order valence-corrected chi connectivity index (χ4v) is 2.00. The van der Waals surface area contributed by atoms with Crippen molar-refractivity contribution >= 4 is 11.7 Å². The summed E-state index contributed by atoms with van der Waals surface area (Å²) in [6.45, 7) is 2.16. The molecule has 0 fully saturated rings. The molecule has 0 N–H and O–H groups in total. The normalized spacial score (nSPS) is 10.1. The minimum atomic E-state index is -0.467. The first-order valence-electron chi connectivity index (χ1n) is 7.25. The first-order chi connectivity index (χ1) is 11.1. The molecular formula is C17H17NO5. The molecule has 0 heterocycles. The summed E-state index contributed by atoms with van der Waals surface area (Å²) in [5, 5.41) is 10.7. The summed E-state index contributed by atoms with van der Waals surface area (Å²) in [5.41, 5.74) is 0.970. The van der Waals surface area contributed by atoms with Crippen LogP contribution in [0.1, 0.15) is 18.9 Å². The summed E-state index contributed by atoms with van der Waals surface area (Å²) < 4.78 is 10.5. The Bertz CT molecular complexity index is 682. The standard InChI is InChI=1S/C17H17NO5/c1-2-22-17(19)11-8-13-6-9-15(10-7-13)23-16-5-3-4-14(12-16)18(20)21/h3-7,9-10,12H,2,8,11H2,1H3. The summed E-state index contributed by atoms with van der Waals surface area (Å²) in [6.07, 6.45) is 0.925. The number of benzene rings is 2. The highest BCUT2D eigenvalue weighted by atomic mass is 16.6. The summed E-state index contributed by atoms with van der Waals surface area (Å²) in [6, 6.07) is 13.2. The molecule has 0 saturated heterocycles. The Labute approximate surface area is 133 Å². The number of nitro benzene ring substituents is 1. The van der Waals surface area contributed by atoms with Crippen LogP contribution in [0.2, 0.25) is 0 Å². The molecule has 0 aromatic heterocycles. The smallest absolute Gasteiger partial charge is 0.306 e. The minimum Gasteiger partial charge on any atom is -0.466 e. The van der Waals surface area contributed by atoms with E-state index >= 15 is 0 Å². The van der Waals surface area contributed by atoms with E-state index in [2.05, 4.69) is 0 Å². The fraction of sp³-hybridized carbons (Fsp3) is 0.235. The second-order valence-electron chi connectivity index (χ2n) is 4.81. The average molecular weight is 315 g/mol. The lowest BCUT2D eigenvalue weighted by Gasteiger charge is -2.07. The lowest BCUT2D eigenvalue weighted by atomic mass is 10.1. The molecule has 0 unspecified atom stereocenters. The van der Waals surface area contributed by atoms with Gasteiger partial charge in [0.15, 0.2) is 0 Å².